The summed E-state index contributed by atoms with van der Waals surface area (Å²) in [6.45, 7) is 2.22. The number of hydrogen-bond donors (Lipinski definition) is 0. The van der Waals surface area contributed by atoms with E-state index in [0.29, 0.717) is 5.92 Å². The van der Waals surface area contributed by atoms with Crippen molar-refractivity contribution in [3.8, 4) is 0 Å². The SMILES string of the molecule is CCCCCCCC1OOC2(CCC(c3ccccc3)CC2)OO1. The molecule has 24 heavy (non-hydrogen) atoms. The molecule has 4 nitrogen and oxygen atoms in total. The first kappa shape index (κ1) is 17.9. The first-order valence-corrected chi connectivity index (χ1v) is 9.55. The molecule has 1 saturated heterocycles. The summed E-state index contributed by atoms with van der Waals surface area (Å²) in [5.74, 6) is -0.135. The molecule has 3 rings (SSSR count). The van der Waals surface area contributed by atoms with Crippen molar-refractivity contribution in [1.82, 2.24) is 0 Å². The van der Waals surface area contributed by atoms with E-state index in [1.54, 1.807) is 0 Å². The summed E-state index contributed by atoms with van der Waals surface area (Å²) in [6.07, 6.45) is 10.2. The average molecular weight is 334 g/mol. The minimum Gasteiger partial charge on any atom is -0.198 e. The van der Waals surface area contributed by atoms with Crippen LogP contribution in [0.3, 0.4) is 0 Å². The Bertz CT molecular complexity index is 458. The first-order valence-electron chi connectivity index (χ1n) is 9.55. The lowest BCUT2D eigenvalue weighted by molar-refractivity contribution is -0.629. The molecule has 0 unspecified atom stereocenters. The normalized spacial score (nSPS) is 30.5. The molecule has 1 aromatic rings. The van der Waals surface area contributed by atoms with Crippen LogP contribution in [0.1, 0.15) is 82.6 Å². The lowest BCUT2D eigenvalue weighted by atomic mass is 9.81. The molecule has 0 bridgehead atoms. The van der Waals surface area contributed by atoms with Crippen LogP contribution in [0, 0.1) is 0 Å². The highest BCUT2D eigenvalue weighted by atomic mass is 17.4. The van der Waals surface area contributed by atoms with Crippen molar-refractivity contribution < 1.29 is 19.6 Å². The van der Waals surface area contributed by atoms with E-state index in [4.69, 9.17) is 19.6 Å². The second-order valence-electron chi connectivity index (χ2n) is 7.09. The molecule has 1 heterocycles. The van der Waals surface area contributed by atoms with Crippen molar-refractivity contribution >= 4 is 0 Å². The maximum absolute atomic E-state index is 5.63. The van der Waals surface area contributed by atoms with Crippen molar-refractivity contribution in [2.45, 2.75) is 89.1 Å². The molecule has 1 aliphatic carbocycles. The van der Waals surface area contributed by atoms with Crippen LogP contribution in [-0.4, -0.2) is 12.1 Å². The summed E-state index contributed by atoms with van der Waals surface area (Å²) in [5, 5.41) is 0. The van der Waals surface area contributed by atoms with Crippen LogP contribution in [0.15, 0.2) is 30.3 Å². The van der Waals surface area contributed by atoms with E-state index < -0.39 is 5.79 Å². The summed E-state index contributed by atoms with van der Waals surface area (Å²) < 4.78 is 0. The van der Waals surface area contributed by atoms with Crippen LogP contribution < -0.4 is 0 Å². The van der Waals surface area contributed by atoms with Gasteiger partial charge in [0.05, 0.1) is 0 Å². The Balaban J connectivity index is 1.37. The van der Waals surface area contributed by atoms with Gasteiger partial charge in [0, 0.05) is 19.3 Å². The third kappa shape index (κ3) is 4.79. The van der Waals surface area contributed by atoms with E-state index in [2.05, 4.69) is 37.3 Å². The van der Waals surface area contributed by atoms with E-state index in [0.717, 1.165) is 38.5 Å². The van der Waals surface area contributed by atoms with E-state index in [1.165, 1.54) is 31.2 Å². The smallest absolute Gasteiger partial charge is 0.198 e. The Morgan fingerprint density at radius 3 is 2.25 bits per heavy atom. The summed E-state index contributed by atoms with van der Waals surface area (Å²) in [5.41, 5.74) is 1.40. The van der Waals surface area contributed by atoms with Gasteiger partial charge in [0.25, 0.3) is 0 Å². The molecule has 1 saturated carbocycles. The van der Waals surface area contributed by atoms with Gasteiger partial charge in [-0.3, -0.25) is 0 Å². The van der Waals surface area contributed by atoms with Crippen LogP contribution in [0.2, 0.25) is 0 Å². The van der Waals surface area contributed by atoms with Crippen molar-refractivity contribution in [3.05, 3.63) is 35.9 Å². The second kappa shape index (κ2) is 8.95. The van der Waals surface area contributed by atoms with E-state index in [1.807, 2.05) is 0 Å². The lowest BCUT2D eigenvalue weighted by Crippen LogP contribution is -2.46. The topological polar surface area (TPSA) is 36.9 Å². The predicted octanol–water partition coefficient (Wildman–Crippen LogP) is 5.64. The molecule has 0 aromatic heterocycles. The van der Waals surface area contributed by atoms with Crippen molar-refractivity contribution in [3.63, 3.8) is 0 Å². The van der Waals surface area contributed by atoms with E-state index in [-0.39, 0.29) is 6.29 Å². The molecule has 1 aliphatic heterocycles. The highest BCUT2D eigenvalue weighted by molar-refractivity contribution is 5.20. The average Bonchev–Trinajstić information content (AvgIpc) is 2.65. The minimum absolute atomic E-state index is 0.385. The van der Waals surface area contributed by atoms with Gasteiger partial charge in [0.2, 0.25) is 12.1 Å². The summed E-state index contributed by atoms with van der Waals surface area (Å²) in [4.78, 5) is 22.2. The van der Waals surface area contributed by atoms with Crippen LogP contribution in [0.5, 0.6) is 0 Å². The molecule has 0 amide bonds. The Morgan fingerprint density at radius 1 is 0.917 bits per heavy atom. The van der Waals surface area contributed by atoms with E-state index in [9.17, 15) is 0 Å². The van der Waals surface area contributed by atoms with Crippen LogP contribution >= 0.6 is 0 Å². The molecule has 134 valence electrons. The molecule has 0 N–H and O–H groups in total. The standard InChI is InChI=1S/C20H30O4/c1-2-3-4-5-9-12-19-21-23-20(24-22-19)15-13-18(14-16-20)17-10-7-6-8-11-17/h6-8,10-11,18-19H,2-5,9,12-16H2,1H3. The molecule has 2 aliphatic rings. The number of hydrogen-bond acceptors (Lipinski definition) is 4. The zero-order valence-corrected chi connectivity index (χ0v) is 14.7. The van der Waals surface area contributed by atoms with Gasteiger partial charge < -0.3 is 0 Å². The Morgan fingerprint density at radius 2 is 1.58 bits per heavy atom. The maximum Gasteiger partial charge on any atom is 0.234 e. The third-order valence-corrected chi connectivity index (χ3v) is 5.18. The number of unbranched alkanes of at least 4 members (excludes halogenated alkanes) is 4. The van der Waals surface area contributed by atoms with Gasteiger partial charge >= 0.3 is 0 Å². The van der Waals surface area contributed by atoms with Gasteiger partial charge in [-0.25, -0.2) is 0 Å². The molecule has 0 atom stereocenters. The van der Waals surface area contributed by atoms with Crippen molar-refractivity contribution in [2.75, 3.05) is 0 Å². The summed E-state index contributed by atoms with van der Waals surface area (Å²) in [6, 6.07) is 10.7. The molecular weight excluding hydrogens is 304 g/mol. The highest BCUT2D eigenvalue weighted by Gasteiger charge is 2.44. The molecule has 1 spiro atoms. The van der Waals surface area contributed by atoms with Crippen LogP contribution in [0.25, 0.3) is 0 Å². The number of benzene rings is 1. The quantitative estimate of drug-likeness (QED) is 0.478. The molecular formula is C20H30O4. The molecule has 0 radical (unpaired) electrons. The molecule has 1 aromatic carbocycles. The monoisotopic (exact) mass is 334 g/mol. The van der Waals surface area contributed by atoms with E-state index >= 15 is 0 Å². The zero-order chi connectivity index (χ0) is 16.7. The summed E-state index contributed by atoms with van der Waals surface area (Å²) >= 11 is 0. The first-order chi connectivity index (χ1) is 11.8. The zero-order valence-electron chi connectivity index (χ0n) is 14.7. The fourth-order valence-electron chi connectivity index (χ4n) is 3.61. The largest absolute Gasteiger partial charge is 0.234 e. The van der Waals surface area contributed by atoms with Gasteiger partial charge in [-0.1, -0.05) is 62.9 Å². The second-order valence-corrected chi connectivity index (χ2v) is 7.09. The maximum atomic E-state index is 5.63. The van der Waals surface area contributed by atoms with Crippen molar-refractivity contribution in [1.29, 1.82) is 0 Å². The lowest BCUT2D eigenvalue weighted by Gasteiger charge is -2.41. The van der Waals surface area contributed by atoms with Gasteiger partial charge in [-0.2, -0.15) is 19.6 Å². The van der Waals surface area contributed by atoms with Gasteiger partial charge in [-0.05, 0) is 30.7 Å². The van der Waals surface area contributed by atoms with Crippen LogP contribution in [0.4, 0.5) is 0 Å². The van der Waals surface area contributed by atoms with Gasteiger partial charge in [-0.15, -0.1) is 0 Å². The third-order valence-electron chi connectivity index (χ3n) is 5.18. The highest BCUT2D eigenvalue weighted by Crippen LogP contribution is 2.42. The van der Waals surface area contributed by atoms with Crippen LogP contribution in [-0.2, 0) is 19.6 Å². The minimum atomic E-state index is -0.704. The number of rotatable bonds is 7. The molecule has 4 heteroatoms. The fourth-order valence-corrected chi connectivity index (χ4v) is 3.61. The summed E-state index contributed by atoms with van der Waals surface area (Å²) in [7, 11) is 0. The van der Waals surface area contributed by atoms with Gasteiger partial charge in [0.15, 0.2) is 0 Å². The Hall–Kier alpha value is -0.940. The fraction of sp³-hybridized carbons (Fsp3) is 0.700. The predicted molar refractivity (Wildman–Crippen MR) is 91.9 cm³/mol. The molecule has 2 fully saturated rings. The van der Waals surface area contributed by atoms with Gasteiger partial charge in [0.1, 0.15) is 0 Å². The van der Waals surface area contributed by atoms with Crippen molar-refractivity contribution in [2.24, 2.45) is 0 Å². The Labute approximate surface area is 145 Å². The Kier molecular flexibility index (Phi) is 6.67.